The smallest absolute Gasteiger partial charge is 0.262 e. The van der Waals surface area contributed by atoms with Gasteiger partial charge < -0.3 is 29.3 Å². The largest absolute Gasteiger partial charge is 0.497 e. The Bertz CT molecular complexity index is 1460. The number of methoxy groups -OCH3 is 3. The molecular weight excluding hydrogens is 659 g/mol. The monoisotopic (exact) mass is 712 g/mol. The molecule has 4 aliphatic rings. The molecule has 3 saturated heterocycles. The Hall–Kier alpha value is -2.92. The van der Waals surface area contributed by atoms with Gasteiger partial charge in [0.05, 0.1) is 19.8 Å². The molecule has 0 bridgehead atoms. The molecule has 6 rings (SSSR count). The first-order chi connectivity index (χ1) is 24.2. The molecule has 0 spiro atoms. The fourth-order valence-electron chi connectivity index (χ4n) is 9.04. The topological polar surface area (TPSA) is 83.6 Å². The fraction of sp³-hybridized carbons (Fsp3) is 0.641. The van der Waals surface area contributed by atoms with Gasteiger partial charge >= 0.3 is 0 Å². The van der Waals surface area contributed by atoms with Crippen molar-refractivity contribution in [2.75, 3.05) is 78.6 Å². The molecule has 3 aliphatic heterocycles. The summed E-state index contributed by atoms with van der Waals surface area (Å²) in [5.74, 6) is -0.292. The first-order valence-corrected chi connectivity index (χ1v) is 18.8. The second kappa shape index (κ2) is 16.2. The number of halogens is 2. The van der Waals surface area contributed by atoms with Crippen LogP contribution in [0, 0.1) is 11.8 Å². The van der Waals surface area contributed by atoms with Crippen LogP contribution in [0.2, 0.25) is 5.02 Å². The lowest BCUT2D eigenvalue weighted by Crippen LogP contribution is -2.50. The van der Waals surface area contributed by atoms with Crippen LogP contribution in [0.3, 0.4) is 0 Å². The molecule has 1 aliphatic carbocycles. The molecule has 2 amide bonds. The number of nitrogens with zero attached hydrogens (tertiary/aromatic N) is 3. The van der Waals surface area contributed by atoms with E-state index in [-0.39, 0.29) is 42.4 Å². The maximum Gasteiger partial charge on any atom is 0.262 e. The van der Waals surface area contributed by atoms with Gasteiger partial charge in [-0.2, -0.15) is 0 Å². The summed E-state index contributed by atoms with van der Waals surface area (Å²) < 4.78 is 34.6. The van der Waals surface area contributed by atoms with E-state index in [9.17, 15) is 9.59 Å². The maximum atomic E-state index is 17.9. The predicted octanol–water partition coefficient (Wildman–Crippen LogP) is 5.65. The molecule has 2 aromatic rings. The minimum atomic E-state index is -2.08. The Labute approximate surface area is 301 Å². The number of benzene rings is 2. The third-order valence-electron chi connectivity index (χ3n) is 11.8. The van der Waals surface area contributed by atoms with Crippen molar-refractivity contribution in [2.24, 2.45) is 11.8 Å². The molecule has 1 N–H and O–H groups in total. The molecule has 11 heteroatoms. The molecule has 9 nitrogen and oxygen atoms in total. The van der Waals surface area contributed by atoms with Gasteiger partial charge in [-0.15, -0.1) is 0 Å². The van der Waals surface area contributed by atoms with Crippen molar-refractivity contribution in [3.63, 3.8) is 0 Å². The zero-order valence-electron chi connectivity index (χ0n) is 30.0. The number of likely N-dealkylation sites (tertiary alicyclic amines) is 2. The van der Waals surface area contributed by atoms with Crippen molar-refractivity contribution in [3.05, 3.63) is 58.6 Å². The van der Waals surface area contributed by atoms with Gasteiger partial charge in [-0.3, -0.25) is 14.5 Å². The highest BCUT2D eigenvalue weighted by molar-refractivity contribution is 6.30. The molecule has 0 unspecified atom stereocenters. The van der Waals surface area contributed by atoms with E-state index in [2.05, 4.69) is 21.2 Å². The van der Waals surface area contributed by atoms with Gasteiger partial charge in [0.1, 0.15) is 5.75 Å². The van der Waals surface area contributed by atoms with Gasteiger partial charge in [0.2, 0.25) is 11.6 Å². The number of piperidine rings is 1. The van der Waals surface area contributed by atoms with Crippen LogP contribution >= 0.6 is 11.6 Å². The number of amides is 2. The minimum Gasteiger partial charge on any atom is -0.497 e. The second-order valence-electron chi connectivity index (χ2n) is 14.7. The van der Waals surface area contributed by atoms with E-state index in [0.717, 1.165) is 68.4 Å². The Kier molecular flexibility index (Phi) is 11.9. The number of anilines is 1. The highest BCUT2D eigenvalue weighted by Gasteiger charge is 2.57. The zero-order chi connectivity index (χ0) is 35.4. The minimum absolute atomic E-state index is 0.00458. The summed E-state index contributed by atoms with van der Waals surface area (Å²) in [6, 6.07) is 13.7. The summed E-state index contributed by atoms with van der Waals surface area (Å²) in [5, 5.41) is 3.60. The Balaban J connectivity index is 1.25. The van der Waals surface area contributed by atoms with E-state index >= 15 is 4.39 Å². The van der Waals surface area contributed by atoms with Gasteiger partial charge in [-0.05, 0) is 80.8 Å². The summed E-state index contributed by atoms with van der Waals surface area (Å²) in [4.78, 5) is 33.5. The van der Waals surface area contributed by atoms with Crippen LogP contribution in [-0.4, -0.2) is 113 Å². The van der Waals surface area contributed by atoms with E-state index < -0.39 is 17.5 Å². The van der Waals surface area contributed by atoms with Gasteiger partial charge in [0, 0.05) is 100 Å². The van der Waals surface area contributed by atoms with Gasteiger partial charge in [-0.25, -0.2) is 4.39 Å². The number of carbonyl (C=O) groups excluding carboxylic acids is 2. The first-order valence-electron chi connectivity index (χ1n) is 18.4. The summed E-state index contributed by atoms with van der Waals surface area (Å²) >= 11 is 6.58. The highest BCUT2D eigenvalue weighted by atomic mass is 35.5. The fourth-order valence-corrected chi connectivity index (χ4v) is 9.20. The van der Waals surface area contributed by atoms with E-state index in [0.29, 0.717) is 43.6 Å². The lowest BCUT2D eigenvalue weighted by molar-refractivity contribution is -0.143. The van der Waals surface area contributed by atoms with E-state index in [4.69, 9.17) is 25.8 Å². The van der Waals surface area contributed by atoms with Crippen LogP contribution in [0.1, 0.15) is 68.4 Å². The molecule has 274 valence electrons. The van der Waals surface area contributed by atoms with E-state index in [1.165, 1.54) is 0 Å². The molecule has 50 heavy (non-hydrogen) atoms. The van der Waals surface area contributed by atoms with Crippen molar-refractivity contribution >= 4 is 29.1 Å². The molecule has 2 aromatic carbocycles. The third kappa shape index (κ3) is 7.64. The Morgan fingerprint density at radius 1 is 0.960 bits per heavy atom. The number of hydrogen-bond donors (Lipinski definition) is 1. The van der Waals surface area contributed by atoms with Crippen molar-refractivity contribution in [2.45, 2.75) is 75.1 Å². The SMILES string of the molecule is CCNC(=O)C1CCN(c2cc(Cl)ccc2[C@H]2CN(C(=O)[C@]3(F)CN([C@H]4CC[C@H](OC)CC4)C[C@H]3c3ccc(OC)cc3)C[C@@H]2COC)CC1. The van der Waals surface area contributed by atoms with Gasteiger partial charge in [0.15, 0.2) is 0 Å². The first kappa shape index (κ1) is 36.9. The Morgan fingerprint density at radius 2 is 1.68 bits per heavy atom. The number of rotatable bonds is 11. The summed E-state index contributed by atoms with van der Waals surface area (Å²) in [6.07, 6.45) is 5.51. The van der Waals surface area contributed by atoms with Crippen molar-refractivity contribution < 1.29 is 28.2 Å². The predicted molar refractivity (Wildman–Crippen MR) is 194 cm³/mol. The van der Waals surface area contributed by atoms with Crippen molar-refractivity contribution in [1.29, 1.82) is 0 Å². The van der Waals surface area contributed by atoms with E-state index in [1.807, 2.05) is 43.3 Å². The summed E-state index contributed by atoms with van der Waals surface area (Å²) in [5.41, 5.74) is 0.848. The number of hydrogen-bond acceptors (Lipinski definition) is 7. The molecule has 3 heterocycles. The lowest BCUT2D eigenvalue weighted by atomic mass is 9.85. The summed E-state index contributed by atoms with van der Waals surface area (Å²) in [6.45, 7) is 5.87. The third-order valence-corrected chi connectivity index (χ3v) is 12.1. The van der Waals surface area contributed by atoms with Gasteiger partial charge in [-0.1, -0.05) is 29.8 Å². The molecular formula is C39H54ClFN4O5. The van der Waals surface area contributed by atoms with Crippen LogP contribution in [0.25, 0.3) is 0 Å². The number of ether oxygens (including phenoxy) is 3. The molecule has 0 aromatic heterocycles. The normalized spacial score (nSPS) is 29.4. The number of nitrogens with one attached hydrogen (secondary N) is 1. The van der Waals surface area contributed by atoms with E-state index in [1.54, 1.807) is 26.2 Å². The highest BCUT2D eigenvalue weighted by Crippen LogP contribution is 2.46. The molecule has 1 saturated carbocycles. The van der Waals surface area contributed by atoms with Crippen LogP contribution in [0.15, 0.2) is 42.5 Å². The molecule has 4 fully saturated rings. The average Bonchev–Trinajstić information content (AvgIpc) is 3.73. The van der Waals surface area contributed by atoms with Gasteiger partial charge in [0.25, 0.3) is 5.91 Å². The molecule has 0 radical (unpaired) electrons. The van der Waals surface area contributed by atoms with Crippen molar-refractivity contribution in [1.82, 2.24) is 15.1 Å². The van der Waals surface area contributed by atoms with Crippen LogP contribution in [-0.2, 0) is 19.1 Å². The Morgan fingerprint density at radius 3 is 2.32 bits per heavy atom. The van der Waals surface area contributed by atoms with Crippen molar-refractivity contribution in [3.8, 4) is 5.75 Å². The zero-order valence-corrected chi connectivity index (χ0v) is 30.8. The maximum absolute atomic E-state index is 17.9. The standard InChI is InChI=1S/C39H54ClFN4O5/c1-5-42-37(46)27-16-18-43(19-17-27)36-20-29(40)8-15-33(36)34-22-44(21-28(34)24-48-2)38(47)39(41)25-45(30-9-13-32(50-4)14-10-30)23-35(39)26-6-11-31(49-3)12-7-26/h6-8,11-12,15,20,27-28,30,32,34-35H,5,9-10,13-14,16-19,21-25H2,1-4H3,(H,42,46)/t28-,30-,32-,34+,35+,39+/m1/s1. The quantitative estimate of drug-likeness (QED) is 0.322. The lowest BCUT2D eigenvalue weighted by Gasteiger charge is -2.36. The summed E-state index contributed by atoms with van der Waals surface area (Å²) in [7, 11) is 5.06. The average molecular weight is 713 g/mol. The molecule has 4 atom stereocenters. The van der Waals surface area contributed by atoms with Crippen LogP contribution < -0.4 is 15.0 Å². The van der Waals surface area contributed by atoms with Crippen LogP contribution in [0.4, 0.5) is 10.1 Å². The van der Waals surface area contributed by atoms with Crippen LogP contribution in [0.5, 0.6) is 5.75 Å². The number of carbonyl (C=O) groups is 2. The second-order valence-corrected chi connectivity index (χ2v) is 15.1. The number of alkyl halides is 1.